The Labute approximate surface area is 165 Å². The highest BCUT2D eigenvalue weighted by molar-refractivity contribution is 7.90. The van der Waals surface area contributed by atoms with Crippen LogP contribution < -0.4 is 4.72 Å². The van der Waals surface area contributed by atoms with E-state index in [-0.39, 0.29) is 25.2 Å². The molecule has 2 saturated carbocycles. The van der Waals surface area contributed by atoms with E-state index in [2.05, 4.69) is 0 Å². The SMILES string of the molecule is CC(F)C(=O)OC1CC2CCC1(CS(=O)(=O)NC(=O)C(F)(F)C(F)(F)C(F)(F)F)C2. The summed E-state index contributed by atoms with van der Waals surface area (Å²) < 4.78 is 132. The summed E-state index contributed by atoms with van der Waals surface area (Å²) in [7, 11) is -5.15. The zero-order valence-electron chi connectivity index (χ0n) is 15.2. The number of halogens is 8. The topological polar surface area (TPSA) is 89.5 Å². The quantitative estimate of drug-likeness (QED) is 0.452. The third-order valence-corrected chi connectivity index (χ3v) is 6.77. The molecule has 15 heteroatoms. The number of hydrogen-bond donors (Lipinski definition) is 1. The van der Waals surface area contributed by atoms with Gasteiger partial charge in [-0.3, -0.25) is 4.79 Å². The largest absolute Gasteiger partial charge is 0.460 e. The van der Waals surface area contributed by atoms with Gasteiger partial charge in [0, 0.05) is 5.41 Å². The Bertz CT molecular complexity index is 812. The van der Waals surface area contributed by atoms with E-state index < -0.39 is 63.4 Å². The fraction of sp³-hybridized carbons (Fsp3) is 0.867. The van der Waals surface area contributed by atoms with Crippen LogP contribution in [0.25, 0.3) is 0 Å². The molecule has 0 aromatic rings. The Morgan fingerprint density at radius 3 is 2.20 bits per heavy atom. The second kappa shape index (κ2) is 7.48. The maximum Gasteiger partial charge on any atom is 0.460 e. The molecule has 0 spiro atoms. The van der Waals surface area contributed by atoms with E-state index in [1.165, 1.54) is 0 Å². The lowest BCUT2D eigenvalue weighted by Gasteiger charge is -2.34. The molecule has 4 unspecified atom stereocenters. The number of carbonyl (C=O) groups excluding carboxylic acids is 2. The van der Waals surface area contributed by atoms with E-state index in [0.717, 1.165) is 6.92 Å². The standard InChI is InChI=1S/C15H17F8NO5S/c1-7(16)10(25)29-9-4-8-2-3-12(9,5-8)6-30(27,28)24-11(26)13(17,18)14(19,20)15(21,22)23/h7-9H,2-6H2,1H3,(H,24,26). The van der Waals surface area contributed by atoms with Crippen LogP contribution in [0, 0.1) is 11.3 Å². The van der Waals surface area contributed by atoms with Gasteiger partial charge in [-0.05, 0) is 38.5 Å². The molecular weight excluding hydrogens is 458 g/mol. The van der Waals surface area contributed by atoms with Crippen LogP contribution in [0.15, 0.2) is 0 Å². The highest BCUT2D eigenvalue weighted by Gasteiger charge is 2.76. The van der Waals surface area contributed by atoms with Crippen LogP contribution in [0.4, 0.5) is 35.1 Å². The summed E-state index contributed by atoms with van der Waals surface area (Å²) in [6.07, 6.45) is -9.28. The van der Waals surface area contributed by atoms with Crippen molar-refractivity contribution in [2.75, 3.05) is 5.75 Å². The predicted octanol–water partition coefficient (Wildman–Crippen LogP) is 2.73. The molecule has 30 heavy (non-hydrogen) atoms. The smallest absolute Gasteiger partial charge is 0.460 e. The molecule has 174 valence electrons. The number of rotatable bonds is 7. The first-order valence-electron chi connectivity index (χ1n) is 8.56. The van der Waals surface area contributed by atoms with Gasteiger partial charge in [0.05, 0.1) is 5.75 Å². The highest BCUT2D eigenvalue weighted by Crippen LogP contribution is 2.56. The van der Waals surface area contributed by atoms with Gasteiger partial charge in [-0.1, -0.05) is 0 Å². The van der Waals surface area contributed by atoms with Gasteiger partial charge in [-0.15, -0.1) is 0 Å². The third kappa shape index (κ3) is 4.35. The lowest BCUT2D eigenvalue weighted by molar-refractivity contribution is -0.343. The Hall–Kier alpha value is -1.67. The second-order valence-corrected chi connectivity index (χ2v) is 9.31. The van der Waals surface area contributed by atoms with Crippen molar-refractivity contribution in [3.05, 3.63) is 0 Å². The lowest BCUT2D eigenvalue weighted by Crippen LogP contribution is -2.60. The predicted molar refractivity (Wildman–Crippen MR) is 82.7 cm³/mol. The summed E-state index contributed by atoms with van der Waals surface area (Å²) in [5.41, 5.74) is -1.41. The first-order chi connectivity index (χ1) is 13.3. The van der Waals surface area contributed by atoms with Crippen LogP contribution in [-0.4, -0.2) is 56.3 Å². The molecule has 0 saturated heterocycles. The molecule has 0 aromatic carbocycles. The van der Waals surface area contributed by atoms with E-state index >= 15 is 0 Å². The number of esters is 1. The maximum atomic E-state index is 13.4. The van der Waals surface area contributed by atoms with Gasteiger partial charge in [0.2, 0.25) is 10.0 Å². The number of fused-ring (bicyclic) bond motifs is 2. The van der Waals surface area contributed by atoms with Crippen LogP contribution in [0.3, 0.4) is 0 Å². The van der Waals surface area contributed by atoms with E-state index in [4.69, 9.17) is 4.74 Å². The number of nitrogens with one attached hydrogen (secondary N) is 1. The molecule has 1 amide bonds. The summed E-state index contributed by atoms with van der Waals surface area (Å²) in [6, 6.07) is 0. The normalized spacial score (nSPS) is 28.3. The molecule has 2 bridgehead atoms. The van der Waals surface area contributed by atoms with Crippen molar-refractivity contribution in [1.29, 1.82) is 0 Å². The molecule has 2 rings (SSSR count). The number of carbonyl (C=O) groups is 2. The third-order valence-electron chi connectivity index (χ3n) is 5.32. The Balaban J connectivity index is 2.19. The van der Waals surface area contributed by atoms with Gasteiger partial charge in [-0.2, -0.15) is 30.7 Å². The van der Waals surface area contributed by atoms with Crippen molar-refractivity contribution >= 4 is 21.9 Å². The zero-order chi connectivity index (χ0) is 23.3. The maximum absolute atomic E-state index is 13.4. The number of amides is 1. The van der Waals surface area contributed by atoms with Gasteiger partial charge in [0.1, 0.15) is 6.10 Å². The molecule has 0 aromatic heterocycles. The van der Waals surface area contributed by atoms with E-state index in [1.54, 1.807) is 0 Å². The Kier molecular flexibility index (Phi) is 6.13. The molecular formula is C15H17F8NO5S. The average molecular weight is 475 g/mol. The van der Waals surface area contributed by atoms with E-state index in [0.29, 0.717) is 11.1 Å². The van der Waals surface area contributed by atoms with Crippen molar-refractivity contribution in [2.24, 2.45) is 11.3 Å². The van der Waals surface area contributed by atoms with Crippen LogP contribution in [0.1, 0.15) is 32.6 Å². The molecule has 6 nitrogen and oxygen atoms in total. The van der Waals surface area contributed by atoms with E-state index in [1.807, 2.05) is 0 Å². The lowest BCUT2D eigenvalue weighted by atomic mass is 9.83. The van der Waals surface area contributed by atoms with Crippen LogP contribution in [0.5, 0.6) is 0 Å². The fourth-order valence-electron chi connectivity index (χ4n) is 3.89. The van der Waals surface area contributed by atoms with Crippen molar-refractivity contribution in [1.82, 2.24) is 4.72 Å². The van der Waals surface area contributed by atoms with Crippen molar-refractivity contribution in [3.63, 3.8) is 0 Å². The van der Waals surface area contributed by atoms with Crippen LogP contribution in [0.2, 0.25) is 0 Å². The van der Waals surface area contributed by atoms with E-state index in [9.17, 15) is 53.1 Å². The zero-order valence-corrected chi connectivity index (χ0v) is 16.1. The minimum Gasteiger partial charge on any atom is -0.460 e. The van der Waals surface area contributed by atoms with Crippen LogP contribution >= 0.6 is 0 Å². The molecule has 0 aliphatic heterocycles. The molecule has 4 atom stereocenters. The summed E-state index contributed by atoms with van der Waals surface area (Å²) in [5, 5.41) is 0. The van der Waals surface area contributed by atoms with Gasteiger partial charge < -0.3 is 4.74 Å². The molecule has 1 N–H and O–H groups in total. The number of hydrogen-bond acceptors (Lipinski definition) is 5. The summed E-state index contributed by atoms with van der Waals surface area (Å²) in [5.74, 6) is -19.2. The van der Waals surface area contributed by atoms with Crippen LogP contribution in [-0.2, 0) is 24.3 Å². The minimum atomic E-state index is -6.82. The van der Waals surface area contributed by atoms with Gasteiger partial charge in [-0.25, -0.2) is 22.3 Å². The molecule has 2 aliphatic rings. The monoisotopic (exact) mass is 475 g/mol. The number of alkyl halides is 8. The highest BCUT2D eigenvalue weighted by atomic mass is 32.2. The van der Waals surface area contributed by atoms with Gasteiger partial charge in [0.25, 0.3) is 0 Å². The Morgan fingerprint density at radius 2 is 1.73 bits per heavy atom. The number of sulfonamides is 1. The van der Waals surface area contributed by atoms with Gasteiger partial charge in [0.15, 0.2) is 6.17 Å². The Morgan fingerprint density at radius 1 is 1.17 bits per heavy atom. The van der Waals surface area contributed by atoms with Crippen molar-refractivity contribution in [2.45, 2.75) is 62.9 Å². The summed E-state index contributed by atoms with van der Waals surface area (Å²) in [4.78, 5) is 22.8. The first kappa shape index (κ1) is 24.6. The molecule has 0 radical (unpaired) electrons. The summed E-state index contributed by atoms with van der Waals surface area (Å²) in [6.45, 7) is 0.863. The van der Waals surface area contributed by atoms with Crippen molar-refractivity contribution in [3.8, 4) is 0 Å². The average Bonchev–Trinajstić information content (AvgIpc) is 3.09. The fourth-order valence-corrected chi connectivity index (χ4v) is 5.58. The molecule has 0 heterocycles. The second-order valence-electron chi connectivity index (χ2n) is 7.59. The minimum absolute atomic E-state index is 0.0699. The van der Waals surface area contributed by atoms with Crippen molar-refractivity contribution < 1.29 is 57.9 Å². The van der Waals surface area contributed by atoms with Gasteiger partial charge >= 0.3 is 29.9 Å². The molecule has 2 aliphatic carbocycles. The molecule has 2 fully saturated rings. The summed E-state index contributed by atoms with van der Waals surface area (Å²) >= 11 is 0. The first-order valence-corrected chi connectivity index (χ1v) is 10.2. The number of ether oxygens (including phenoxy) is 1.